The van der Waals surface area contributed by atoms with E-state index >= 15 is 0 Å². The molecule has 0 radical (unpaired) electrons. The Labute approximate surface area is 80.1 Å². The molecule has 0 aromatic heterocycles. The Morgan fingerprint density at radius 3 is 1.50 bits per heavy atom. The molecule has 0 aliphatic heterocycles. The van der Waals surface area contributed by atoms with Gasteiger partial charge in [-0.3, -0.25) is 0 Å². The predicted octanol–water partition coefficient (Wildman–Crippen LogP) is -3.66. The Morgan fingerprint density at radius 2 is 1.50 bits per heavy atom. The summed E-state index contributed by atoms with van der Waals surface area (Å²) in [6, 6.07) is 0. The maximum atomic E-state index is 6.50. The van der Waals surface area contributed by atoms with Crippen LogP contribution in [0.3, 0.4) is 0 Å². The van der Waals surface area contributed by atoms with Crippen molar-refractivity contribution >= 4 is 17.1 Å². The molecule has 3 heteroatoms. The van der Waals surface area contributed by atoms with Gasteiger partial charge in [0.2, 0.25) is 0 Å². The second kappa shape index (κ2) is 22.8. The summed E-state index contributed by atoms with van der Waals surface area (Å²) >= 11 is 0. The summed E-state index contributed by atoms with van der Waals surface area (Å²) < 4.78 is 0. The fraction of sp³-hybridized carbons (Fsp3) is 0. The summed E-state index contributed by atoms with van der Waals surface area (Å²) in [4.78, 5) is 0. The van der Waals surface area contributed by atoms with Crippen LogP contribution < -0.4 is 51.4 Å². The van der Waals surface area contributed by atoms with Crippen LogP contribution in [0.25, 0.3) is 0 Å². The Kier molecular flexibility index (Phi) is 99.2. The molecule has 0 amide bonds. The summed E-state index contributed by atoms with van der Waals surface area (Å²) in [7, 11) is 0. The van der Waals surface area contributed by atoms with Gasteiger partial charge in [-0.25, -0.2) is 5.26 Å². The first-order valence-electron chi connectivity index (χ1n) is 0.258. The van der Waals surface area contributed by atoms with Crippen molar-refractivity contribution in [3.63, 3.8) is 0 Å². The molecule has 0 atom stereocenters. The van der Waals surface area contributed by atoms with E-state index < -0.39 is 0 Å². The number of nitrogens with zero attached hydrogens (tertiary/aromatic N) is 1. The van der Waals surface area contributed by atoms with Gasteiger partial charge in [-0.2, -0.15) is 0 Å². The van der Waals surface area contributed by atoms with Gasteiger partial charge in [0.25, 0.3) is 0 Å². The molecule has 0 bridgehead atoms. The van der Waals surface area contributed by atoms with Crippen molar-refractivity contribution in [1.82, 2.24) is 0 Å². The first-order chi connectivity index (χ1) is 1.00. The van der Waals surface area contributed by atoms with Crippen LogP contribution in [0.1, 0.15) is 1.43 Å². The predicted molar refractivity (Wildman–Crippen MR) is 16.3 cm³/mol. The molecular formula is CH4KNSe. The van der Waals surface area contributed by atoms with Crippen LogP contribution >= 0.6 is 0 Å². The monoisotopic (exact) mass is 149 g/mol. The van der Waals surface area contributed by atoms with Gasteiger partial charge in [0.1, 0.15) is 0 Å². The van der Waals surface area contributed by atoms with E-state index in [1.165, 1.54) is 0 Å². The average molecular weight is 148 g/mol. The number of hydrogen-bond acceptors (Lipinski definition) is 1. The minimum absolute atomic E-state index is 0. The molecule has 0 aliphatic rings. The zero-order chi connectivity index (χ0) is 2.00. The van der Waals surface area contributed by atoms with E-state index in [1.807, 2.05) is 0 Å². The SMILES string of the molecule is C#N.[H-].[K+].[SeH2]. The van der Waals surface area contributed by atoms with Crippen molar-refractivity contribution in [3.05, 3.63) is 0 Å². The van der Waals surface area contributed by atoms with E-state index in [0.29, 0.717) is 0 Å². The molecule has 0 saturated carbocycles. The van der Waals surface area contributed by atoms with Crippen LogP contribution in [0.2, 0.25) is 0 Å². The molecule has 0 spiro atoms. The molecule has 4 heavy (non-hydrogen) atoms. The van der Waals surface area contributed by atoms with Crippen molar-refractivity contribution in [2.24, 2.45) is 0 Å². The van der Waals surface area contributed by atoms with Crippen molar-refractivity contribution in [2.75, 3.05) is 0 Å². The number of rotatable bonds is 0. The molecule has 0 fully saturated rings. The summed E-state index contributed by atoms with van der Waals surface area (Å²) in [6.45, 7) is 3.50. The number of nitriles is 1. The molecule has 0 N–H and O–H groups in total. The standard InChI is InChI=1S/CHN.K.H2Se.H/c1-2;;;/h1H;;1H2;/q;+1;;-1. The molecule has 0 aliphatic carbocycles. The van der Waals surface area contributed by atoms with Gasteiger partial charge in [-0.15, -0.1) is 0 Å². The summed E-state index contributed by atoms with van der Waals surface area (Å²) in [6.07, 6.45) is 0. The van der Waals surface area contributed by atoms with Crippen molar-refractivity contribution in [3.8, 4) is 6.57 Å². The Balaban J connectivity index is -0.00000000167. The van der Waals surface area contributed by atoms with E-state index in [-0.39, 0.29) is 69.9 Å². The third kappa shape index (κ3) is 9.42. The molecule has 0 rings (SSSR count). The van der Waals surface area contributed by atoms with Crippen LogP contribution in [-0.4, -0.2) is 17.1 Å². The summed E-state index contributed by atoms with van der Waals surface area (Å²) in [5.41, 5.74) is 0. The van der Waals surface area contributed by atoms with E-state index in [0.717, 1.165) is 0 Å². The molecule has 1 nitrogen and oxygen atoms in total. The van der Waals surface area contributed by atoms with E-state index in [1.54, 1.807) is 0 Å². The average Bonchev–Trinajstić information content (AvgIpc) is 1.00. The molecule has 20 valence electrons. The van der Waals surface area contributed by atoms with Gasteiger partial charge in [0, 0.05) is 6.57 Å². The topological polar surface area (TPSA) is 23.8 Å². The normalized spacial score (nSPS) is 0.500. The molecule has 0 heterocycles. The summed E-state index contributed by atoms with van der Waals surface area (Å²) in [5.74, 6) is 0. The third-order valence-corrected chi connectivity index (χ3v) is 0. The second-order valence-electron chi connectivity index (χ2n) is 0. The van der Waals surface area contributed by atoms with E-state index in [2.05, 4.69) is 6.57 Å². The van der Waals surface area contributed by atoms with Crippen LogP contribution in [0.5, 0.6) is 0 Å². The van der Waals surface area contributed by atoms with Crippen molar-refractivity contribution < 1.29 is 52.8 Å². The summed E-state index contributed by atoms with van der Waals surface area (Å²) in [5, 5.41) is 6.50. The van der Waals surface area contributed by atoms with Crippen LogP contribution in [0, 0.1) is 11.8 Å². The Bertz CT molecular complexity index is 16.4. The van der Waals surface area contributed by atoms with Crippen molar-refractivity contribution in [1.29, 1.82) is 5.26 Å². The quantitative estimate of drug-likeness (QED) is 0.325. The Morgan fingerprint density at radius 1 is 1.50 bits per heavy atom. The van der Waals surface area contributed by atoms with Gasteiger partial charge in [-0.1, -0.05) is 0 Å². The molecule has 0 aromatic rings. The molecule has 0 unspecified atom stereocenters. The Hall–Kier alpha value is 1.65. The fourth-order valence-electron chi connectivity index (χ4n) is 0. The molecule has 0 aromatic carbocycles. The molecule has 0 saturated heterocycles. The van der Waals surface area contributed by atoms with Gasteiger partial charge in [0.05, 0.1) is 0 Å². The molecular weight excluding hydrogens is 144 g/mol. The van der Waals surface area contributed by atoms with Gasteiger partial charge >= 0.3 is 68.5 Å². The minimum atomic E-state index is 0. The van der Waals surface area contributed by atoms with Gasteiger partial charge in [-0.05, 0) is 0 Å². The van der Waals surface area contributed by atoms with Gasteiger partial charge in [0.15, 0.2) is 0 Å². The zero-order valence-electron chi connectivity index (χ0n) is 3.52. The maximum absolute atomic E-state index is 6.50. The first-order valence-corrected chi connectivity index (χ1v) is 0.258. The van der Waals surface area contributed by atoms with E-state index in [9.17, 15) is 0 Å². The van der Waals surface area contributed by atoms with Crippen LogP contribution in [-0.2, 0) is 0 Å². The van der Waals surface area contributed by atoms with Crippen LogP contribution in [0.4, 0.5) is 0 Å². The van der Waals surface area contributed by atoms with Crippen molar-refractivity contribution in [2.45, 2.75) is 0 Å². The second-order valence-corrected chi connectivity index (χ2v) is 0. The van der Waals surface area contributed by atoms with E-state index in [4.69, 9.17) is 5.26 Å². The van der Waals surface area contributed by atoms with Gasteiger partial charge < -0.3 is 1.43 Å². The zero-order valence-corrected chi connectivity index (χ0v) is 7.75. The number of hydrogen-bond donors (Lipinski definition) is 0. The van der Waals surface area contributed by atoms with Crippen LogP contribution in [0.15, 0.2) is 0 Å². The fourth-order valence-corrected chi connectivity index (χ4v) is 0. The first kappa shape index (κ1) is 17.4. The third-order valence-electron chi connectivity index (χ3n) is 0.